The van der Waals surface area contributed by atoms with E-state index in [0.29, 0.717) is 18.4 Å². The van der Waals surface area contributed by atoms with E-state index in [0.717, 1.165) is 11.4 Å². The van der Waals surface area contributed by atoms with E-state index >= 15 is 0 Å². The smallest absolute Gasteiger partial charge is 0.255 e. The Labute approximate surface area is 124 Å². The number of carbonyl (C=O) groups excluding carboxylic acids is 1. The molecule has 1 atom stereocenters. The third-order valence-electron chi connectivity index (χ3n) is 3.50. The summed E-state index contributed by atoms with van der Waals surface area (Å²) in [6, 6.07) is 9.51. The predicted octanol–water partition coefficient (Wildman–Crippen LogP) is 1.94. The standard InChI is InChI=1S/C16H21N3O2/c1-3-12(11-20)18-16(21)14-10-17-19(15(14)4-2)13-8-6-5-7-9-13/h5-10,12,20H,3-4,11H2,1-2H3,(H,18,21). The fourth-order valence-corrected chi connectivity index (χ4v) is 2.24. The average Bonchev–Trinajstić information content (AvgIpc) is 2.97. The van der Waals surface area contributed by atoms with Crippen LogP contribution in [0, 0.1) is 0 Å². The molecule has 5 heteroatoms. The summed E-state index contributed by atoms with van der Waals surface area (Å²) in [6.07, 6.45) is 2.98. The zero-order valence-corrected chi connectivity index (χ0v) is 12.4. The Balaban J connectivity index is 2.30. The lowest BCUT2D eigenvalue weighted by Gasteiger charge is -2.14. The van der Waals surface area contributed by atoms with Gasteiger partial charge >= 0.3 is 0 Å². The normalized spacial score (nSPS) is 12.1. The van der Waals surface area contributed by atoms with Gasteiger partial charge in [0.15, 0.2) is 0 Å². The number of aliphatic hydroxyl groups excluding tert-OH is 1. The van der Waals surface area contributed by atoms with E-state index in [1.165, 1.54) is 0 Å². The minimum Gasteiger partial charge on any atom is -0.394 e. The van der Waals surface area contributed by atoms with Crippen LogP contribution in [0.3, 0.4) is 0 Å². The number of carbonyl (C=O) groups is 1. The number of nitrogens with one attached hydrogen (secondary N) is 1. The first-order valence-corrected chi connectivity index (χ1v) is 7.25. The molecule has 1 aromatic heterocycles. The van der Waals surface area contributed by atoms with Gasteiger partial charge in [-0.05, 0) is 25.0 Å². The van der Waals surface area contributed by atoms with Crippen LogP contribution in [0.25, 0.3) is 5.69 Å². The molecule has 1 unspecified atom stereocenters. The lowest BCUT2D eigenvalue weighted by Crippen LogP contribution is -2.37. The Bertz CT molecular complexity index is 589. The Morgan fingerprint density at radius 3 is 2.62 bits per heavy atom. The van der Waals surface area contributed by atoms with Crippen molar-refractivity contribution in [3.05, 3.63) is 47.8 Å². The fraction of sp³-hybridized carbons (Fsp3) is 0.375. The lowest BCUT2D eigenvalue weighted by atomic mass is 10.1. The van der Waals surface area contributed by atoms with E-state index in [2.05, 4.69) is 10.4 Å². The summed E-state index contributed by atoms with van der Waals surface area (Å²) in [4.78, 5) is 12.3. The maximum Gasteiger partial charge on any atom is 0.255 e. The maximum absolute atomic E-state index is 12.3. The Kier molecular flexibility index (Phi) is 5.11. The van der Waals surface area contributed by atoms with Crippen molar-refractivity contribution in [3.8, 4) is 5.69 Å². The Hall–Kier alpha value is -2.14. The first-order valence-electron chi connectivity index (χ1n) is 7.25. The van der Waals surface area contributed by atoms with E-state index in [-0.39, 0.29) is 18.6 Å². The van der Waals surface area contributed by atoms with Gasteiger partial charge in [-0.3, -0.25) is 4.79 Å². The molecule has 1 heterocycles. The van der Waals surface area contributed by atoms with Crippen molar-refractivity contribution in [2.45, 2.75) is 32.7 Å². The molecule has 0 bridgehead atoms. The van der Waals surface area contributed by atoms with Crippen molar-refractivity contribution in [3.63, 3.8) is 0 Å². The number of amides is 1. The summed E-state index contributed by atoms with van der Waals surface area (Å²) >= 11 is 0. The monoisotopic (exact) mass is 287 g/mol. The maximum atomic E-state index is 12.3. The van der Waals surface area contributed by atoms with Gasteiger partial charge in [-0.2, -0.15) is 5.10 Å². The highest BCUT2D eigenvalue weighted by molar-refractivity contribution is 5.95. The van der Waals surface area contributed by atoms with Crippen LogP contribution in [0.1, 0.15) is 36.3 Å². The molecule has 0 aliphatic rings. The molecule has 2 N–H and O–H groups in total. The second kappa shape index (κ2) is 7.04. The zero-order valence-electron chi connectivity index (χ0n) is 12.4. The van der Waals surface area contributed by atoms with Gasteiger partial charge in [0.05, 0.1) is 35.8 Å². The van der Waals surface area contributed by atoms with Crippen LogP contribution in [-0.4, -0.2) is 33.4 Å². The molecule has 112 valence electrons. The third kappa shape index (κ3) is 3.31. The van der Waals surface area contributed by atoms with Crippen LogP contribution in [0.2, 0.25) is 0 Å². The van der Waals surface area contributed by atoms with Crippen molar-refractivity contribution >= 4 is 5.91 Å². The van der Waals surface area contributed by atoms with Crippen LogP contribution in [0.5, 0.6) is 0 Å². The first-order chi connectivity index (χ1) is 10.2. The topological polar surface area (TPSA) is 67.2 Å². The number of hydrogen-bond donors (Lipinski definition) is 2. The summed E-state index contributed by atoms with van der Waals surface area (Å²) in [5.74, 6) is -0.185. The van der Waals surface area contributed by atoms with Gasteiger partial charge in [0.2, 0.25) is 0 Å². The highest BCUT2D eigenvalue weighted by Gasteiger charge is 2.19. The first kappa shape index (κ1) is 15.3. The molecule has 1 aromatic carbocycles. The Morgan fingerprint density at radius 1 is 1.33 bits per heavy atom. The number of nitrogens with zero attached hydrogens (tertiary/aromatic N) is 2. The summed E-state index contributed by atoms with van der Waals surface area (Å²) < 4.78 is 1.79. The van der Waals surface area contributed by atoms with Crippen LogP contribution < -0.4 is 5.32 Å². The van der Waals surface area contributed by atoms with Crippen molar-refractivity contribution in [1.82, 2.24) is 15.1 Å². The quantitative estimate of drug-likeness (QED) is 0.853. The van der Waals surface area contributed by atoms with Crippen molar-refractivity contribution < 1.29 is 9.90 Å². The van der Waals surface area contributed by atoms with Gasteiger partial charge in [-0.15, -0.1) is 0 Å². The number of para-hydroxylation sites is 1. The van der Waals surface area contributed by atoms with Crippen LogP contribution in [0.15, 0.2) is 36.5 Å². The van der Waals surface area contributed by atoms with Gasteiger partial charge in [-0.25, -0.2) is 4.68 Å². The van der Waals surface area contributed by atoms with Crippen LogP contribution in [0.4, 0.5) is 0 Å². The molecule has 1 amide bonds. The van der Waals surface area contributed by atoms with E-state index in [1.807, 2.05) is 44.2 Å². The molecular formula is C16H21N3O2. The number of rotatable bonds is 6. The van der Waals surface area contributed by atoms with Crippen LogP contribution in [-0.2, 0) is 6.42 Å². The van der Waals surface area contributed by atoms with Gasteiger partial charge in [0, 0.05) is 0 Å². The zero-order chi connectivity index (χ0) is 15.2. The van der Waals surface area contributed by atoms with Gasteiger partial charge < -0.3 is 10.4 Å². The summed E-state index contributed by atoms with van der Waals surface area (Å²) in [7, 11) is 0. The minimum absolute atomic E-state index is 0.0590. The molecule has 21 heavy (non-hydrogen) atoms. The summed E-state index contributed by atoms with van der Waals surface area (Å²) in [6.45, 7) is 3.86. The predicted molar refractivity (Wildman–Crippen MR) is 81.6 cm³/mol. The number of hydrogen-bond acceptors (Lipinski definition) is 3. The van der Waals surface area contributed by atoms with Gasteiger partial charge in [-0.1, -0.05) is 32.0 Å². The second-order valence-corrected chi connectivity index (χ2v) is 4.87. The van der Waals surface area contributed by atoms with Gasteiger partial charge in [0.25, 0.3) is 5.91 Å². The molecule has 0 spiro atoms. The lowest BCUT2D eigenvalue weighted by molar-refractivity contribution is 0.0914. The van der Waals surface area contributed by atoms with Crippen molar-refractivity contribution in [1.29, 1.82) is 0 Å². The summed E-state index contributed by atoms with van der Waals surface area (Å²) in [5.41, 5.74) is 2.36. The van der Waals surface area contributed by atoms with Crippen molar-refractivity contribution in [2.24, 2.45) is 0 Å². The molecule has 2 rings (SSSR count). The fourth-order valence-electron chi connectivity index (χ4n) is 2.24. The van der Waals surface area contributed by atoms with E-state index in [1.54, 1.807) is 10.9 Å². The van der Waals surface area contributed by atoms with E-state index in [9.17, 15) is 9.90 Å². The van der Waals surface area contributed by atoms with Crippen LogP contribution >= 0.6 is 0 Å². The molecule has 0 fully saturated rings. The van der Waals surface area contributed by atoms with E-state index in [4.69, 9.17) is 0 Å². The molecule has 0 radical (unpaired) electrons. The molecule has 0 saturated carbocycles. The highest BCUT2D eigenvalue weighted by Crippen LogP contribution is 2.15. The molecule has 0 aliphatic heterocycles. The SMILES string of the molecule is CCc1c(C(=O)NC(CC)CO)cnn1-c1ccccc1. The number of aromatic nitrogens is 2. The van der Waals surface area contributed by atoms with E-state index < -0.39 is 0 Å². The molecular weight excluding hydrogens is 266 g/mol. The molecule has 0 saturated heterocycles. The average molecular weight is 287 g/mol. The molecule has 2 aromatic rings. The van der Waals surface area contributed by atoms with Gasteiger partial charge in [0.1, 0.15) is 0 Å². The summed E-state index contributed by atoms with van der Waals surface area (Å²) in [5, 5.41) is 16.4. The second-order valence-electron chi connectivity index (χ2n) is 4.87. The Morgan fingerprint density at radius 2 is 2.05 bits per heavy atom. The number of aliphatic hydroxyl groups is 1. The molecule has 0 aliphatic carbocycles. The highest BCUT2D eigenvalue weighted by atomic mass is 16.3. The molecule has 5 nitrogen and oxygen atoms in total. The third-order valence-corrected chi connectivity index (χ3v) is 3.50. The van der Waals surface area contributed by atoms with Crippen molar-refractivity contribution in [2.75, 3.05) is 6.61 Å². The number of benzene rings is 1. The largest absolute Gasteiger partial charge is 0.394 e. The minimum atomic E-state index is -0.220.